The molecule has 0 fully saturated rings. The molecular formula is C26H32N2O3. The molecule has 0 radical (unpaired) electrons. The van der Waals surface area contributed by atoms with Gasteiger partial charge in [-0.2, -0.15) is 0 Å². The van der Waals surface area contributed by atoms with Gasteiger partial charge >= 0.3 is 0 Å². The number of benzene rings is 2. The molecule has 3 rings (SSSR count). The molecular weight excluding hydrogens is 388 g/mol. The third-order valence-corrected chi connectivity index (χ3v) is 6.01. The molecule has 31 heavy (non-hydrogen) atoms. The number of ketones is 1. The molecule has 164 valence electrons. The minimum absolute atomic E-state index is 0.0730. The number of anilines is 2. The third kappa shape index (κ3) is 4.36. The van der Waals surface area contributed by atoms with Crippen LogP contribution in [0, 0.1) is 0 Å². The standard InChI is InChI=1S/C26H32N2O3/c1-26(2)22-15-19(27(3)4)11-12-21(22)25(30)24-18(10-8-7-9-13-31-17-29)14-20(28(5)6)16-23(24)26/h8,10-12,14-17H,7,9,13H2,1-6H3/b10-8+. The van der Waals surface area contributed by atoms with E-state index in [0.717, 1.165) is 52.0 Å². The Morgan fingerprint density at radius 1 is 0.968 bits per heavy atom. The summed E-state index contributed by atoms with van der Waals surface area (Å²) in [6, 6.07) is 10.3. The zero-order valence-electron chi connectivity index (χ0n) is 19.4. The summed E-state index contributed by atoms with van der Waals surface area (Å²) in [5.74, 6) is 0.0730. The van der Waals surface area contributed by atoms with Gasteiger partial charge in [-0.25, -0.2) is 0 Å². The Morgan fingerprint density at radius 2 is 1.65 bits per heavy atom. The Balaban J connectivity index is 2.11. The lowest BCUT2D eigenvalue weighted by atomic mass is 9.67. The van der Waals surface area contributed by atoms with Crippen molar-refractivity contribution in [2.75, 3.05) is 44.6 Å². The largest absolute Gasteiger partial charge is 0.468 e. The van der Waals surface area contributed by atoms with Crippen LogP contribution in [0.2, 0.25) is 0 Å². The molecule has 0 saturated heterocycles. The number of carbonyl (C=O) groups excluding carboxylic acids is 2. The van der Waals surface area contributed by atoms with E-state index in [1.54, 1.807) is 0 Å². The van der Waals surface area contributed by atoms with Gasteiger partial charge in [-0.05, 0) is 59.9 Å². The Kier molecular flexibility index (Phi) is 6.54. The lowest BCUT2D eigenvalue weighted by Crippen LogP contribution is -2.32. The Bertz CT molecular complexity index is 1020. The van der Waals surface area contributed by atoms with Crippen molar-refractivity contribution in [1.29, 1.82) is 0 Å². The van der Waals surface area contributed by atoms with Gasteiger partial charge in [0.05, 0.1) is 6.61 Å². The van der Waals surface area contributed by atoms with Gasteiger partial charge in [0.2, 0.25) is 0 Å². The van der Waals surface area contributed by atoms with Gasteiger partial charge < -0.3 is 14.5 Å². The summed E-state index contributed by atoms with van der Waals surface area (Å²) in [6.45, 7) is 5.26. The van der Waals surface area contributed by atoms with Crippen molar-refractivity contribution in [2.24, 2.45) is 0 Å². The average molecular weight is 421 g/mol. The number of allylic oxidation sites excluding steroid dienone is 1. The van der Waals surface area contributed by atoms with Crippen molar-refractivity contribution in [2.45, 2.75) is 32.1 Å². The van der Waals surface area contributed by atoms with Crippen LogP contribution in [-0.4, -0.2) is 47.1 Å². The molecule has 5 nitrogen and oxygen atoms in total. The fraction of sp³-hybridized carbons (Fsp3) is 0.385. The maximum atomic E-state index is 13.6. The van der Waals surface area contributed by atoms with Crippen molar-refractivity contribution >= 4 is 29.7 Å². The lowest BCUT2D eigenvalue weighted by Gasteiger charge is -2.36. The molecule has 0 N–H and O–H groups in total. The summed E-state index contributed by atoms with van der Waals surface area (Å²) < 4.78 is 4.76. The number of rotatable bonds is 8. The van der Waals surface area contributed by atoms with Crippen molar-refractivity contribution in [3.63, 3.8) is 0 Å². The van der Waals surface area contributed by atoms with Crippen LogP contribution in [-0.2, 0) is 14.9 Å². The highest BCUT2D eigenvalue weighted by atomic mass is 16.5. The molecule has 1 aliphatic carbocycles. The van der Waals surface area contributed by atoms with Crippen LogP contribution < -0.4 is 9.80 Å². The van der Waals surface area contributed by atoms with E-state index in [1.807, 2.05) is 52.5 Å². The molecule has 0 spiro atoms. The Hall–Kier alpha value is -3.08. The predicted octanol–water partition coefficient (Wildman–Crippen LogP) is 4.66. The second-order valence-corrected chi connectivity index (χ2v) is 8.94. The molecule has 0 atom stereocenters. The molecule has 0 bridgehead atoms. The Morgan fingerprint density at radius 3 is 2.29 bits per heavy atom. The van der Waals surface area contributed by atoms with Crippen molar-refractivity contribution in [3.05, 3.63) is 64.2 Å². The summed E-state index contributed by atoms with van der Waals surface area (Å²) >= 11 is 0. The quantitative estimate of drug-likeness (QED) is 0.459. The molecule has 2 aromatic carbocycles. The van der Waals surface area contributed by atoms with Crippen LogP contribution in [0.3, 0.4) is 0 Å². The van der Waals surface area contributed by atoms with Crippen molar-refractivity contribution in [3.8, 4) is 0 Å². The highest BCUT2D eigenvalue weighted by Crippen LogP contribution is 2.45. The molecule has 0 aliphatic heterocycles. The van der Waals surface area contributed by atoms with E-state index >= 15 is 0 Å². The highest BCUT2D eigenvalue weighted by Gasteiger charge is 2.38. The molecule has 0 unspecified atom stereocenters. The molecule has 5 heteroatoms. The van der Waals surface area contributed by atoms with Gasteiger partial charge in [0.25, 0.3) is 6.47 Å². The van der Waals surface area contributed by atoms with E-state index < -0.39 is 0 Å². The predicted molar refractivity (Wildman–Crippen MR) is 127 cm³/mol. The summed E-state index contributed by atoms with van der Waals surface area (Å²) in [5, 5.41) is 0. The summed E-state index contributed by atoms with van der Waals surface area (Å²) in [5.41, 5.74) is 6.44. The second-order valence-electron chi connectivity index (χ2n) is 8.94. The molecule has 1 aliphatic rings. The zero-order chi connectivity index (χ0) is 22.8. The minimum Gasteiger partial charge on any atom is -0.468 e. The first-order valence-corrected chi connectivity index (χ1v) is 10.6. The third-order valence-electron chi connectivity index (χ3n) is 6.01. The van der Waals surface area contributed by atoms with Crippen molar-refractivity contribution in [1.82, 2.24) is 0 Å². The minimum atomic E-state index is -0.309. The van der Waals surface area contributed by atoms with Gasteiger partial charge in [0.15, 0.2) is 5.78 Å². The van der Waals surface area contributed by atoms with E-state index in [4.69, 9.17) is 4.74 Å². The maximum Gasteiger partial charge on any atom is 0.293 e. The number of nitrogens with zero attached hydrogens (tertiary/aromatic N) is 2. The first-order chi connectivity index (χ1) is 14.7. The molecule has 0 heterocycles. The first-order valence-electron chi connectivity index (χ1n) is 10.6. The molecule has 2 aromatic rings. The van der Waals surface area contributed by atoms with E-state index in [9.17, 15) is 9.59 Å². The number of hydrogen-bond donors (Lipinski definition) is 0. The van der Waals surface area contributed by atoms with Crippen LogP contribution in [0.15, 0.2) is 36.4 Å². The van der Waals surface area contributed by atoms with Crippen LogP contribution in [0.5, 0.6) is 0 Å². The van der Waals surface area contributed by atoms with Gasteiger partial charge in [-0.1, -0.05) is 26.0 Å². The highest BCUT2D eigenvalue weighted by molar-refractivity contribution is 6.15. The van der Waals surface area contributed by atoms with Gasteiger partial charge in [0, 0.05) is 56.1 Å². The molecule has 0 aromatic heterocycles. The smallest absolute Gasteiger partial charge is 0.293 e. The van der Waals surface area contributed by atoms with Crippen LogP contribution in [0.4, 0.5) is 11.4 Å². The van der Waals surface area contributed by atoms with E-state index in [0.29, 0.717) is 13.1 Å². The maximum absolute atomic E-state index is 13.6. The number of carbonyl (C=O) groups is 2. The van der Waals surface area contributed by atoms with Crippen molar-refractivity contribution < 1.29 is 14.3 Å². The van der Waals surface area contributed by atoms with Gasteiger partial charge in [-0.3, -0.25) is 9.59 Å². The SMILES string of the molecule is CN(C)c1ccc2c(c1)C(C)(C)c1cc(N(C)C)cc(/C=C/CCCOC=O)c1C2=O. The monoisotopic (exact) mass is 420 g/mol. The zero-order valence-corrected chi connectivity index (χ0v) is 19.4. The summed E-state index contributed by atoms with van der Waals surface area (Å²) in [7, 11) is 8.06. The van der Waals surface area contributed by atoms with E-state index in [1.165, 1.54) is 0 Å². The fourth-order valence-corrected chi connectivity index (χ4v) is 4.13. The van der Waals surface area contributed by atoms with E-state index in [2.05, 4.69) is 41.8 Å². The first kappa shape index (κ1) is 22.6. The summed E-state index contributed by atoms with van der Waals surface area (Å²) in [4.78, 5) is 28.1. The van der Waals surface area contributed by atoms with E-state index in [-0.39, 0.29) is 11.2 Å². The Labute approximate surface area is 185 Å². The normalized spacial score (nSPS) is 14.2. The topological polar surface area (TPSA) is 49.9 Å². The van der Waals surface area contributed by atoms with Crippen LogP contribution >= 0.6 is 0 Å². The number of fused-ring (bicyclic) bond motifs is 2. The second kappa shape index (κ2) is 8.96. The lowest BCUT2D eigenvalue weighted by molar-refractivity contribution is -0.128. The van der Waals surface area contributed by atoms with Crippen LogP contribution in [0.1, 0.15) is 59.3 Å². The van der Waals surface area contributed by atoms with Gasteiger partial charge in [-0.15, -0.1) is 0 Å². The molecule has 0 saturated carbocycles. The molecule has 0 amide bonds. The number of hydrogen-bond acceptors (Lipinski definition) is 5. The number of unbranched alkanes of at least 4 members (excludes halogenated alkanes) is 1. The van der Waals surface area contributed by atoms with Crippen LogP contribution in [0.25, 0.3) is 6.08 Å². The summed E-state index contributed by atoms with van der Waals surface area (Å²) in [6.07, 6.45) is 5.60. The number of ether oxygens (including phenoxy) is 1. The fourth-order valence-electron chi connectivity index (χ4n) is 4.13. The average Bonchev–Trinajstić information content (AvgIpc) is 2.73. The van der Waals surface area contributed by atoms with Gasteiger partial charge in [0.1, 0.15) is 0 Å².